The lowest BCUT2D eigenvalue weighted by Crippen LogP contribution is -2.14. The molecule has 0 unspecified atom stereocenters. The van der Waals surface area contributed by atoms with Crippen LogP contribution >= 0.6 is 11.3 Å². The van der Waals surface area contributed by atoms with Crippen molar-refractivity contribution in [3.63, 3.8) is 0 Å². The van der Waals surface area contributed by atoms with Crippen molar-refractivity contribution in [3.05, 3.63) is 53.4 Å². The molecule has 8 heteroatoms. The summed E-state index contributed by atoms with van der Waals surface area (Å²) in [4.78, 5) is 30.1. The second-order valence-corrected chi connectivity index (χ2v) is 7.62. The van der Waals surface area contributed by atoms with E-state index >= 15 is 0 Å². The van der Waals surface area contributed by atoms with E-state index in [0.717, 1.165) is 16.0 Å². The van der Waals surface area contributed by atoms with E-state index in [0.29, 0.717) is 40.8 Å². The molecule has 3 aromatic rings. The number of aromatic nitrogens is 2. The van der Waals surface area contributed by atoms with Gasteiger partial charge in [-0.2, -0.15) is 0 Å². The number of allylic oxidation sites excluding steroid dienone is 1. The number of hydrogen-bond acceptors (Lipinski definition) is 6. The van der Waals surface area contributed by atoms with Crippen molar-refractivity contribution >= 4 is 38.6 Å². The molecular formula is C22H25N3O4S. The van der Waals surface area contributed by atoms with Gasteiger partial charge in [-0.1, -0.05) is 17.4 Å². The van der Waals surface area contributed by atoms with Gasteiger partial charge in [-0.15, -0.1) is 6.58 Å². The van der Waals surface area contributed by atoms with Gasteiger partial charge in [0, 0.05) is 12.2 Å². The maximum Gasteiger partial charge on any atom is 0.355 e. The van der Waals surface area contributed by atoms with Crippen LogP contribution in [0.2, 0.25) is 0 Å². The molecule has 0 atom stereocenters. The summed E-state index contributed by atoms with van der Waals surface area (Å²) in [5.41, 5.74) is 2.83. The number of amides is 1. The van der Waals surface area contributed by atoms with Crippen molar-refractivity contribution in [2.75, 3.05) is 18.5 Å². The van der Waals surface area contributed by atoms with E-state index in [-0.39, 0.29) is 12.5 Å². The average Bonchev–Trinajstić information content (AvgIpc) is 3.20. The molecule has 30 heavy (non-hydrogen) atoms. The Balaban J connectivity index is 1.95. The number of nitrogens with zero attached hydrogens (tertiary/aromatic N) is 2. The molecule has 0 spiro atoms. The van der Waals surface area contributed by atoms with Gasteiger partial charge in [-0.3, -0.25) is 10.1 Å². The van der Waals surface area contributed by atoms with Crippen LogP contribution in [0.5, 0.6) is 5.75 Å². The first-order valence-corrected chi connectivity index (χ1v) is 10.5. The molecular weight excluding hydrogens is 402 g/mol. The molecule has 0 aliphatic heterocycles. The third kappa shape index (κ3) is 4.09. The van der Waals surface area contributed by atoms with Crippen LogP contribution in [0.1, 0.15) is 46.0 Å². The third-order valence-corrected chi connectivity index (χ3v) is 5.60. The lowest BCUT2D eigenvalue weighted by molar-refractivity contribution is 0.0513. The SMILES string of the molecule is C=CCn1c(C)c(C(=O)Nc2nc3ccc(OCC)cc3s2)c(C)c1C(=O)OCC. The molecule has 2 aromatic heterocycles. The molecule has 0 bridgehead atoms. The number of carbonyl (C=O) groups is 2. The van der Waals surface area contributed by atoms with Crippen LogP contribution in [0, 0.1) is 13.8 Å². The van der Waals surface area contributed by atoms with Crippen molar-refractivity contribution in [1.29, 1.82) is 0 Å². The molecule has 1 aromatic carbocycles. The van der Waals surface area contributed by atoms with Crippen LogP contribution < -0.4 is 10.1 Å². The van der Waals surface area contributed by atoms with E-state index < -0.39 is 5.97 Å². The second kappa shape index (κ2) is 9.13. The van der Waals surface area contributed by atoms with E-state index in [2.05, 4.69) is 16.9 Å². The first kappa shape index (κ1) is 21.6. The Labute approximate surface area is 179 Å². The Hall–Kier alpha value is -3.13. The number of hydrogen-bond donors (Lipinski definition) is 1. The lowest BCUT2D eigenvalue weighted by atomic mass is 10.1. The highest BCUT2D eigenvalue weighted by Gasteiger charge is 2.27. The van der Waals surface area contributed by atoms with Gasteiger partial charge in [0.2, 0.25) is 0 Å². The van der Waals surface area contributed by atoms with Gasteiger partial charge in [0.15, 0.2) is 5.13 Å². The number of carbonyl (C=O) groups excluding carboxylic acids is 2. The number of ether oxygens (including phenoxy) is 2. The predicted molar refractivity (Wildman–Crippen MR) is 119 cm³/mol. The molecule has 2 heterocycles. The molecule has 1 amide bonds. The average molecular weight is 428 g/mol. The van der Waals surface area contributed by atoms with Gasteiger partial charge in [-0.05, 0) is 51.5 Å². The van der Waals surface area contributed by atoms with Crippen LogP contribution in [0.15, 0.2) is 30.9 Å². The van der Waals surface area contributed by atoms with E-state index in [4.69, 9.17) is 9.47 Å². The summed E-state index contributed by atoms with van der Waals surface area (Å²) in [7, 11) is 0. The lowest BCUT2D eigenvalue weighted by Gasteiger charge is -2.08. The summed E-state index contributed by atoms with van der Waals surface area (Å²) in [6.07, 6.45) is 1.68. The van der Waals surface area contributed by atoms with Gasteiger partial charge in [0.25, 0.3) is 5.91 Å². The topological polar surface area (TPSA) is 82.5 Å². The first-order valence-electron chi connectivity index (χ1n) is 9.73. The summed E-state index contributed by atoms with van der Waals surface area (Å²) >= 11 is 1.37. The Morgan fingerprint density at radius 1 is 1.27 bits per heavy atom. The quantitative estimate of drug-likeness (QED) is 0.415. The first-order chi connectivity index (χ1) is 14.4. The van der Waals surface area contributed by atoms with Gasteiger partial charge in [-0.25, -0.2) is 9.78 Å². The number of anilines is 1. The Morgan fingerprint density at radius 2 is 2.03 bits per heavy atom. The van der Waals surface area contributed by atoms with Crippen LogP contribution in [0.4, 0.5) is 5.13 Å². The smallest absolute Gasteiger partial charge is 0.355 e. The standard InChI is InChI=1S/C22H25N3O4S/c1-6-11-25-14(5)18(13(4)19(25)21(27)29-8-3)20(26)24-22-23-16-10-9-15(28-7-2)12-17(16)30-22/h6,9-10,12H,1,7-8,11H2,2-5H3,(H,23,24,26). The maximum atomic E-state index is 13.1. The summed E-state index contributed by atoms with van der Waals surface area (Å²) in [6.45, 7) is 12.2. The summed E-state index contributed by atoms with van der Waals surface area (Å²) < 4.78 is 13.4. The minimum atomic E-state index is -0.456. The molecule has 3 rings (SSSR count). The van der Waals surface area contributed by atoms with E-state index in [1.54, 1.807) is 31.4 Å². The van der Waals surface area contributed by atoms with Gasteiger partial charge < -0.3 is 14.0 Å². The second-order valence-electron chi connectivity index (χ2n) is 6.59. The molecule has 0 aliphatic carbocycles. The number of thiazole rings is 1. The summed E-state index contributed by atoms with van der Waals surface area (Å²) in [5.74, 6) is -0.0105. The highest BCUT2D eigenvalue weighted by Crippen LogP contribution is 2.31. The number of benzene rings is 1. The van der Waals surface area contributed by atoms with Crippen molar-refractivity contribution in [3.8, 4) is 5.75 Å². The fourth-order valence-electron chi connectivity index (χ4n) is 3.42. The molecule has 1 N–H and O–H groups in total. The van der Waals surface area contributed by atoms with E-state index in [1.807, 2.05) is 25.1 Å². The number of esters is 1. The zero-order valence-corrected chi connectivity index (χ0v) is 18.4. The Bertz CT molecular complexity index is 1110. The fraction of sp³-hybridized carbons (Fsp3) is 0.318. The van der Waals surface area contributed by atoms with Crippen molar-refractivity contribution in [1.82, 2.24) is 9.55 Å². The van der Waals surface area contributed by atoms with E-state index in [9.17, 15) is 9.59 Å². The molecule has 0 radical (unpaired) electrons. The number of nitrogens with one attached hydrogen (secondary N) is 1. The number of rotatable bonds is 8. The highest BCUT2D eigenvalue weighted by atomic mass is 32.1. The van der Waals surface area contributed by atoms with Crippen molar-refractivity contribution in [2.24, 2.45) is 0 Å². The molecule has 0 fully saturated rings. The van der Waals surface area contributed by atoms with Gasteiger partial charge in [0.1, 0.15) is 11.4 Å². The van der Waals surface area contributed by atoms with E-state index in [1.165, 1.54) is 11.3 Å². The summed E-state index contributed by atoms with van der Waals surface area (Å²) in [6, 6.07) is 5.62. The monoisotopic (exact) mass is 427 g/mol. The Morgan fingerprint density at radius 3 is 2.70 bits per heavy atom. The van der Waals surface area contributed by atoms with Crippen LogP contribution in [0.3, 0.4) is 0 Å². The molecule has 0 aliphatic rings. The minimum absolute atomic E-state index is 0.257. The zero-order chi connectivity index (χ0) is 21.8. The molecule has 0 saturated heterocycles. The normalized spacial score (nSPS) is 10.8. The zero-order valence-electron chi connectivity index (χ0n) is 17.6. The van der Waals surface area contributed by atoms with Crippen LogP contribution in [0.25, 0.3) is 10.2 Å². The predicted octanol–water partition coefficient (Wildman–Crippen LogP) is 4.73. The van der Waals surface area contributed by atoms with Crippen LogP contribution in [-0.2, 0) is 11.3 Å². The van der Waals surface area contributed by atoms with Crippen molar-refractivity contribution in [2.45, 2.75) is 34.2 Å². The van der Waals surface area contributed by atoms with Gasteiger partial charge >= 0.3 is 5.97 Å². The van der Waals surface area contributed by atoms with Crippen molar-refractivity contribution < 1.29 is 19.1 Å². The molecule has 7 nitrogen and oxygen atoms in total. The van der Waals surface area contributed by atoms with Crippen LogP contribution in [-0.4, -0.2) is 34.6 Å². The molecule has 158 valence electrons. The molecule has 0 saturated carbocycles. The fourth-order valence-corrected chi connectivity index (χ4v) is 4.31. The minimum Gasteiger partial charge on any atom is -0.494 e. The number of fused-ring (bicyclic) bond motifs is 1. The largest absolute Gasteiger partial charge is 0.494 e. The maximum absolute atomic E-state index is 13.1. The van der Waals surface area contributed by atoms with Gasteiger partial charge in [0.05, 0.1) is 29.0 Å². The summed E-state index contributed by atoms with van der Waals surface area (Å²) in [5, 5.41) is 3.35. The highest BCUT2D eigenvalue weighted by molar-refractivity contribution is 7.22. The third-order valence-electron chi connectivity index (χ3n) is 4.67. The Kier molecular flexibility index (Phi) is 6.56.